The van der Waals surface area contributed by atoms with Gasteiger partial charge in [-0.15, -0.1) is 0 Å². The number of hydrogen-bond acceptors (Lipinski definition) is 7. The summed E-state index contributed by atoms with van der Waals surface area (Å²) in [7, 11) is 1.57. The van der Waals surface area contributed by atoms with Crippen LogP contribution in [-0.4, -0.2) is 37.8 Å². The maximum absolute atomic E-state index is 13.4. The van der Waals surface area contributed by atoms with Crippen LogP contribution in [0.2, 0.25) is 0 Å². The van der Waals surface area contributed by atoms with Gasteiger partial charge in [0.2, 0.25) is 5.88 Å². The van der Waals surface area contributed by atoms with E-state index in [1.165, 1.54) is 28.0 Å². The first-order valence-corrected chi connectivity index (χ1v) is 10.8. The van der Waals surface area contributed by atoms with Gasteiger partial charge in [-0.25, -0.2) is 4.98 Å². The van der Waals surface area contributed by atoms with Gasteiger partial charge >= 0.3 is 0 Å². The Bertz CT molecular complexity index is 1490. The average molecular weight is 458 g/mol. The van der Waals surface area contributed by atoms with Gasteiger partial charge < -0.3 is 20.1 Å². The van der Waals surface area contributed by atoms with Crippen molar-refractivity contribution in [1.82, 2.24) is 9.55 Å². The van der Waals surface area contributed by atoms with Crippen LogP contribution in [0.1, 0.15) is 15.9 Å². The van der Waals surface area contributed by atoms with Crippen molar-refractivity contribution in [3.05, 3.63) is 83.9 Å². The first-order valence-electron chi connectivity index (χ1n) is 9.98. The Labute approximate surface area is 192 Å². The highest BCUT2D eigenvalue weighted by atomic mass is 32.1. The van der Waals surface area contributed by atoms with E-state index < -0.39 is 17.4 Å². The third-order valence-electron chi connectivity index (χ3n) is 5.30. The second-order valence-electron chi connectivity index (χ2n) is 7.30. The highest BCUT2D eigenvalue weighted by molar-refractivity contribution is 7.20. The third kappa shape index (κ3) is 3.46. The van der Waals surface area contributed by atoms with Gasteiger partial charge in [0.25, 0.3) is 0 Å². The lowest BCUT2D eigenvalue weighted by atomic mass is 9.99. The summed E-state index contributed by atoms with van der Waals surface area (Å²) in [6, 6.07) is 20.1. The molecule has 7 nitrogen and oxygen atoms in total. The Morgan fingerprint density at radius 1 is 0.970 bits per heavy atom. The quantitative estimate of drug-likeness (QED) is 0.316. The second-order valence-corrected chi connectivity index (χ2v) is 8.31. The minimum Gasteiger partial charge on any atom is -0.508 e. The van der Waals surface area contributed by atoms with E-state index in [0.29, 0.717) is 27.5 Å². The normalized spacial score (nSPS) is 11.1. The van der Waals surface area contributed by atoms with Crippen LogP contribution in [0.15, 0.2) is 72.8 Å². The van der Waals surface area contributed by atoms with Crippen molar-refractivity contribution in [1.29, 1.82) is 0 Å². The summed E-state index contributed by atoms with van der Waals surface area (Å²) >= 11 is 1.28. The number of nitrogens with zero attached hydrogens (tertiary/aromatic N) is 2. The van der Waals surface area contributed by atoms with Crippen LogP contribution in [0.25, 0.3) is 26.6 Å². The molecule has 33 heavy (non-hydrogen) atoms. The molecule has 3 aromatic carbocycles. The predicted octanol–water partition coefficient (Wildman–Crippen LogP) is 5.11. The maximum Gasteiger partial charge on any atom is 0.242 e. The number of fused-ring (bicyclic) bond motifs is 1. The van der Waals surface area contributed by atoms with E-state index >= 15 is 0 Å². The number of phenols is 1. The lowest BCUT2D eigenvalue weighted by Crippen LogP contribution is -2.04. The molecule has 3 N–H and O–H groups in total. The molecule has 0 aliphatic rings. The van der Waals surface area contributed by atoms with Crippen molar-refractivity contribution in [3.63, 3.8) is 0 Å². The van der Waals surface area contributed by atoms with E-state index in [1.54, 1.807) is 61.7 Å². The number of hydrogen-bond donors (Lipinski definition) is 3. The summed E-state index contributed by atoms with van der Waals surface area (Å²) in [6.07, 6.45) is 0. The van der Waals surface area contributed by atoms with Crippen LogP contribution >= 0.6 is 11.3 Å². The zero-order valence-corrected chi connectivity index (χ0v) is 18.2. The van der Waals surface area contributed by atoms with Crippen LogP contribution in [0.5, 0.6) is 23.1 Å². The van der Waals surface area contributed by atoms with Crippen LogP contribution in [0, 0.1) is 0 Å². The molecule has 0 aliphatic carbocycles. The topological polar surface area (TPSA) is 105 Å². The van der Waals surface area contributed by atoms with Crippen molar-refractivity contribution in [2.45, 2.75) is 0 Å². The molecule has 5 rings (SSSR count). The highest BCUT2D eigenvalue weighted by Gasteiger charge is 2.31. The predicted molar refractivity (Wildman–Crippen MR) is 126 cm³/mol. The first-order chi connectivity index (χ1) is 16.0. The van der Waals surface area contributed by atoms with E-state index in [4.69, 9.17) is 4.74 Å². The molecule has 164 valence electrons. The van der Waals surface area contributed by atoms with Gasteiger partial charge in [0, 0.05) is 5.56 Å². The summed E-state index contributed by atoms with van der Waals surface area (Å²) in [4.78, 5) is 18.0. The number of aromatic nitrogens is 2. The molecule has 0 amide bonds. The Morgan fingerprint density at radius 2 is 1.70 bits per heavy atom. The Hall–Kier alpha value is -4.30. The highest BCUT2D eigenvalue weighted by Crippen LogP contribution is 2.45. The monoisotopic (exact) mass is 458 g/mol. The molecule has 5 aromatic rings. The Kier molecular flexibility index (Phi) is 4.99. The Balaban J connectivity index is 1.79. The fourth-order valence-electron chi connectivity index (χ4n) is 3.69. The van der Waals surface area contributed by atoms with E-state index in [0.717, 1.165) is 4.70 Å². The fourth-order valence-corrected chi connectivity index (χ4v) is 4.69. The van der Waals surface area contributed by atoms with Crippen molar-refractivity contribution < 1.29 is 24.9 Å². The number of carbonyl (C=O) groups excluding carboxylic acids is 1. The molecule has 0 saturated carbocycles. The lowest BCUT2D eigenvalue weighted by molar-refractivity contribution is 0.103. The molecule has 0 saturated heterocycles. The average Bonchev–Trinajstić information content (AvgIpc) is 3.37. The first kappa shape index (κ1) is 20.6. The van der Waals surface area contributed by atoms with Crippen molar-refractivity contribution in [3.8, 4) is 39.5 Å². The number of carbonyl (C=O) groups is 1. The largest absolute Gasteiger partial charge is 0.508 e. The SMILES string of the molecule is COc1ccc2nc(-n3c(O)c(O)c(C(=O)c4ccccc4)c3-c3ccc(O)cc3)sc2c1. The molecule has 0 fully saturated rings. The summed E-state index contributed by atoms with van der Waals surface area (Å²) in [5.74, 6) is -0.774. The molecule has 0 radical (unpaired) electrons. The molecule has 0 spiro atoms. The minimum absolute atomic E-state index is 0.0494. The van der Waals surface area contributed by atoms with Gasteiger partial charge in [0.05, 0.1) is 28.6 Å². The lowest BCUT2D eigenvalue weighted by Gasteiger charge is -2.09. The van der Waals surface area contributed by atoms with E-state index in [1.807, 2.05) is 6.07 Å². The van der Waals surface area contributed by atoms with Gasteiger partial charge in [0.1, 0.15) is 11.5 Å². The summed E-state index contributed by atoms with van der Waals surface area (Å²) in [6.45, 7) is 0. The standard InChI is InChI=1S/C25H18N2O5S/c1-32-17-11-12-18-19(13-17)33-25(26-18)27-21(14-7-9-16(28)10-8-14)20(23(30)24(27)31)22(29)15-5-3-2-4-6-15/h2-13,28,30-31H,1H3. The smallest absolute Gasteiger partial charge is 0.242 e. The Morgan fingerprint density at radius 3 is 2.39 bits per heavy atom. The van der Waals surface area contributed by atoms with Gasteiger partial charge in [0.15, 0.2) is 16.7 Å². The summed E-state index contributed by atoms with van der Waals surface area (Å²) < 4.78 is 7.45. The fraction of sp³-hybridized carbons (Fsp3) is 0.0400. The molecule has 0 unspecified atom stereocenters. The van der Waals surface area contributed by atoms with Crippen molar-refractivity contribution in [2.75, 3.05) is 7.11 Å². The van der Waals surface area contributed by atoms with Gasteiger partial charge in [-0.2, -0.15) is 0 Å². The van der Waals surface area contributed by atoms with Gasteiger partial charge in [-0.1, -0.05) is 41.7 Å². The van der Waals surface area contributed by atoms with Crippen LogP contribution in [-0.2, 0) is 0 Å². The summed E-state index contributed by atoms with van der Waals surface area (Å²) in [5.41, 5.74) is 1.76. The van der Waals surface area contributed by atoms with Gasteiger partial charge in [-0.3, -0.25) is 9.36 Å². The van der Waals surface area contributed by atoms with Crippen molar-refractivity contribution in [2.24, 2.45) is 0 Å². The zero-order valence-electron chi connectivity index (χ0n) is 17.4. The molecular weight excluding hydrogens is 440 g/mol. The third-order valence-corrected chi connectivity index (χ3v) is 6.30. The number of thiazole rings is 1. The number of ether oxygens (including phenoxy) is 1. The number of aromatic hydroxyl groups is 3. The molecule has 0 bridgehead atoms. The zero-order chi connectivity index (χ0) is 23.1. The number of methoxy groups -OCH3 is 1. The molecule has 0 aliphatic heterocycles. The van der Waals surface area contributed by atoms with Crippen LogP contribution in [0.3, 0.4) is 0 Å². The van der Waals surface area contributed by atoms with E-state index in [-0.39, 0.29) is 17.0 Å². The number of rotatable bonds is 5. The molecule has 0 atom stereocenters. The molecular formula is C25H18N2O5S. The van der Waals surface area contributed by atoms with Crippen LogP contribution in [0.4, 0.5) is 0 Å². The maximum atomic E-state index is 13.4. The number of benzene rings is 3. The van der Waals surface area contributed by atoms with Crippen LogP contribution < -0.4 is 4.74 Å². The summed E-state index contributed by atoms with van der Waals surface area (Å²) in [5, 5.41) is 31.9. The van der Waals surface area contributed by atoms with Gasteiger partial charge in [-0.05, 0) is 48.0 Å². The minimum atomic E-state index is -0.538. The van der Waals surface area contributed by atoms with E-state index in [2.05, 4.69) is 4.98 Å². The molecule has 2 aromatic heterocycles. The van der Waals surface area contributed by atoms with E-state index in [9.17, 15) is 20.1 Å². The number of phenolic OH excluding ortho intramolecular Hbond substituents is 1. The molecule has 8 heteroatoms. The van der Waals surface area contributed by atoms with Crippen molar-refractivity contribution >= 4 is 27.3 Å². The molecule has 2 heterocycles. The second kappa shape index (κ2) is 7.99. The number of ketones is 1.